The highest BCUT2D eigenvalue weighted by atomic mass is 16.5. The minimum Gasteiger partial charge on any atom is -0.494 e. The van der Waals surface area contributed by atoms with Gasteiger partial charge in [-0.2, -0.15) is 0 Å². The molecule has 2 amide bonds. The second-order valence-corrected chi connectivity index (χ2v) is 8.07. The first-order chi connectivity index (χ1) is 13.8. The number of anilines is 1. The van der Waals surface area contributed by atoms with Crippen molar-refractivity contribution in [3.8, 4) is 5.75 Å². The lowest BCUT2D eigenvalue weighted by molar-refractivity contribution is -0.124. The van der Waals surface area contributed by atoms with Gasteiger partial charge in [0.1, 0.15) is 5.75 Å². The van der Waals surface area contributed by atoms with Crippen LogP contribution in [0.4, 0.5) is 5.69 Å². The number of hydrogen-bond acceptors (Lipinski definition) is 4. The maximum absolute atomic E-state index is 12.1. The fourth-order valence-electron chi connectivity index (χ4n) is 2.56. The summed E-state index contributed by atoms with van der Waals surface area (Å²) in [6.45, 7) is 6.69. The van der Waals surface area contributed by atoms with Gasteiger partial charge in [0.15, 0.2) is 0 Å². The summed E-state index contributed by atoms with van der Waals surface area (Å²) >= 11 is 0. The smallest absolute Gasteiger partial charge is 0.237 e. The predicted octanol–water partition coefficient (Wildman–Crippen LogP) is 3.47. The topological polar surface area (TPSA) is 93.5 Å². The molecule has 0 spiro atoms. The van der Waals surface area contributed by atoms with Crippen LogP contribution in [-0.4, -0.2) is 24.5 Å². The zero-order chi connectivity index (χ0) is 21.3. The number of nitrogens with one attached hydrogen (secondary N) is 2. The van der Waals surface area contributed by atoms with Gasteiger partial charge in [-0.25, -0.2) is 0 Å². The molecule has 2 aromatic carbocycles. The average Bonchev–Trinajstić information content (AvgIpc) is 2.70. The normalized spacial score (nSPS) is 12.1. The Morgan fingerprint density at radius 2 is 1.69 bits per heavy atom. The SMILES string of the molecule is CC(C)(C)[C@H](N)C(=O)NCc1ccc(NC(=O)CCCOc2ccccc2)cc1. The van der Waals surface area contributed by atoms with E-state index in [9.17, 15) is 9.59 Å². The third kappa shape index (κ3) is 7.95. The van der Waals surface area contributed by atoms with Crippen molar-refractivity contribution >= 4 is 17.5 Å². The van der Waals surface area contributed by atoms with Gasteiger partial charge in [-0.3, -0.25) is 9.59 Å². The van der Waals surface area contributed by atoms with Crippen LogP contribution < -0.4 is 21.1 Å². The Morgan fingerprint density at radius 1 is 1.03 bits per heavy atom. The van der Waals surface area contributed by atoms with Crippen molar-refractivity contribution in [2.24, 2.45) is 11.1 Å². The van der Waals surface area contributed by atoms with Gasteiger partial charge in [-0.15, -0.1) is 0 Å². The maximum atomic E-state index is 12.1. The van der Waals surface area contributed by atoms with E-state index in [1.807, 2.05) is 75.4 Å². The lowest BCUT2D eigenvalue weighted by atomic mass is 9.87. The molecule has 4 N–H and O–H groups in total. The number of ether oxygens (including phenoxy) is 1. The number of rotatable bonds is 9. The molecule has 6 nitrogen and oxygen atoms in total. The number of amides is 2. The van der Waals surface area contributed by atoms with Crippen molar-refractivity contribution in [1.82, 2.24) is 5.32 Å². The van der Waals surface area contributed by atoms with Crippen molar-refractivity contribution in [2.45, 2.75) is 46.2 Å². The van der Waals surface area contributed by atoms with Crippen LogP contribution in [0.5, 0.6) is 5.75 Å². The second-order valence-electron chi connectivity index (χ2n) is 8.07. The number of benzene rings is 2. The Balaban J connectivity index is 1.70. The van der Waals surface area contributed by atoms with Crippen LogP contribution in [0.3, 0.4) is 0 Å². The molecule has 0 fully saturated rings. The lowest BCUT2D eigenvalue weighted by Crippen LogP contribution is -2.48. The van der Waals surface area contributed by atoms with Gasteiger partial charge in [-0.05, 0) is 41.7 Å². The Kier molecular flexibility index (Phi) is 8.21. The van der Waals surface area contributed by atoms with Crippen LogP contribution in [-0.2, 0) is 16.1 Å². The Hall–Kier alpha value is -2.86. The van der Waals surface area contributed by atoms with Crippen molar-refractivity contribution < 1.29 is 14.3 Å². The second kappa shape index (κ2) is 10.6. The van der Waals surface area contributed by atoms with E-state index in [1.54, 1.807) is 0 Å². The summed E-state index contributed by atoms with van der Waals surface area (Å²) in [5.74, 6) is 0.575. The molecule has 156 valence electrons. The van der Waals surface area contributed by atoms with Crippen molar-refractivity contribution in [2.75, 3.05) is 11.9 Å². The fourth-order valence-corrected chi connectivity index (χ4v) is 2.56. The third-order valence-corrected chi connectivity index (χ3v) is 4.48. The molecule has 0 saturated heterocycles. The van der Waals surface area contributed by atoms with Gasteiger partial charge in [-0.1, -0.05) is 51.1 Å². The molecular formula is C23H31N3O3. The molecule has 29 heavy (non-hydrogen) atoms. The van der Waals surface area contributed by atoms with E-state index >= 15 is 0 Å². The van der Waals surface area contributed by atoms with Crippen LogP contribution in [0.2, 0.25) is 0 Å². The highest BCUT2D eigenvalue weighted by Crippen LogP contribution is 2.17. The number of carbonyl (C=O) groups is 2. The summed E-state index contributed by atoms with van der Waals surface area (Å²) in [7, 11) is 0. The van der Waals surface area contributed by atoms with Crippen molar-refractivity contribution in [3.05, 3.63) is 60.2 Å². The van der Waals surface area contributed by atoms with Gasteiger partial charge in [0.05, 0.1) is 12.6 Å². The van der Waals surface area contributed by atoms with E-state index in [2.05, 4.69) is 10.6 Å². The van der Waals surface area contributed by atoms with Crippen LogP contribution in [0, 0.1) is 5.41 Å². The highest BCUT2D eigenvalue weighted by molar-refractivity contribution is 5.90. The van der Waals surface area contributed by atoms with E-state index in [4.69, 9.17) is 10.5 Å². The summed E-state index contributed by atoms with van der Waals surface area (Å²) < 4.78 is 5.58. The van der Waals surface area contributed by atoms with Crippen molar-refractivity contribution in [1.29, 1.82) is 0 Å². The van der Waals surface area contributed by atoms with Gasteiger partial charge in [0.2, 0.25) is 11.8 Å². The standard InChI is InChI=1S/C23H31N3O3/c1-23(2,3)21(24)22(28)25-16-17-11-13-18(14-12-17)26-20(27)10-7-15-29-19-8-5-4-6-9-19/h4-6,8-9,11-14,21H,7,10,15-16,24H2,1-3H3,(H,25,28)(H,26,27)/t21-/m1/s1. The average molecular weight is 398 g/mol. The molecule has 0 aromatic heterocycles. The molecular weight excluding hydrogens is 366 g/mol. The minimum absolute atomic E-state index is 0.0566. The predicted molar refractivity (Wildman–Crippen MR) is 116 cm³/mol. The molecule has 0 radical (unpaired) electrons. The number of nitrogens with two attached hydrogens (primary N) is 1. The number of carbonyl (C=O) groups excluding carboxylic acids is 2. The molecule has 0 aliphatic carbocycles. The quantitative estimate of drug-likeness (QED) is 0.565. The molecule has 1 atom stereocenters. The van der Waals surface area contributed by atoms with Gasteiger partial charge in [0.25, 0.3) is 0 Å². The number of hydrogen-bond donors (Lipinski definition) is 3. The molecule has 0 bridgehead atoms. The fraction of sp³-hybridized carbons (Fsp3) is 0.391. The summed E-state index contributed by atoms with van der Waals surface area (Å²) in [5, 5.41) is 5.72. The molecule has 0 unspecified atom stereocenters. The van der Waals surface area contributed by atoms with Crippen molar-refractivity contribution in [3.63, 3.8) is 0 Å². The minimum atomic E-state index is -0.563. The lowest BCUT2D eigenvalue weighted by Gasteiger charge is -2.25. The first-order valence-electron chi connectivity index (χ1n) is 9.85. The van der Waals surface area contributed by atoms with Crippen LogP contribution >= 0.6 is 0 Å². The first kappa shape index (κ1) is 22.4. The van der Waals surface area contributed by atoms with Gasteiger partial charge in [0, 0.05) is 18.7 Å². The highest BCUT2D eigenvalue weighted by Gasteiger charge is 2.27. The Labute approximate surface area is 172 Å². The zero-order valence-corrected chi connectivity index (χ0v) is 17.4. The van der Waals surface area contributed by atoms with Crippen LogP contribution in [0.15, 0.2) is 54.6 Å². The Bertz CT molecular complexity index is 783. The number of para-hydroxylation sites is 1. The molecule has 0 aliphatic rings. The molecule has 2 rings (SSSR count). The monoisotopic (exact) mass is 397 g/mol. The maximum Gasteiger partial charge on any atom is 0.237 e. The van der Waals surface area contributed by atoms with Crippen LogP contribution in [0.25, 0.3) is 0 Å². The largest absolute Gasteiger partial charge is 0.494 e. The zero-order valence-electron chi connectivity index (χ0n) is 17.4. The molecule has 0 saturated carbocycles. The van der Waals surface area contributed by atoms with Gasteiger partial charge >= 0.3 is 0 Å². The van der Waals surface area contributed by atoms with E-state index in [1.165, 1.54) is 0 Å². The van der Waals surface area contributed by atoms with E-state index in [0.717, 1.165) is 17.0 Å². The third-order valence-electron chi connectivity index (χ3n) is 4.48. The molecule has 2 aromatic rings. The summed E-state index contributed by atoms with van der Waals surface area (Å²) in [6.07, 6.45) is 1.02. The van der Waals surface area contributed by atoms with E-state index < -0.39 is 6.04 Å². The summed E-state index contributed by atoms with van der Waals surface area (Å²) in [6, 6.07) is 16.4. The molecule has 0 heterocycles. The summed E-state index contributed by atoms with van der Waals surface area (Å²) in [4.78, 5) is 24.1. The van der Waals surface area contributed by atoms with E-state index in [-0.39, 0.29) is 17.2 Å². The summed E-state index contributed by atoms with van der Waals surface area (Å²) in [5.41, 5.74) is 7.33. The molecule has 0 aliphatic heterocycles. The van der Waals surface area contributed by atoms with Gasteiger partial charge < -0.3 is 21.1 Å². The van der Waals surface area contributed by atoms with Crippen LogP contribution in [0.1, 0.15) is 39.2 Å². The first-order valence-corrected chi connectivity index (χ1v) is 9.85. The Morgan fingerprint density at radius 3 is 2.31 bits per heavy atom. The van der Waals surface area contributed by atoms with E-state index in [0.29, 0.717) is 26.0 Å². The molecule has 6 heteroatoms.